The van der Waals surface area contributed by atoms with Crippen molar-refractivity contribution >= 4 is 56.4 Å². The van der Waals surface area contributed by atoms with Crippen LogP contribution in [0.4, 0.5) is 0 Å². The highest BCUT2D eigenvalue weighted by molar-refractivity contribution is 8.03. The number of aromatic nitrogens is 4. The van der Waals surface area contributed by atoms with Gasteiger partial charge in [0.15, 0.2) is 8.68 Å². The van der Waals surface area contributed by atoms with Gasteiger partial charge in [-0.2, -0.15) is 0 Å². The van der Waals surface area contributed by atoms with Crippen LogP contribution in [0.1, 0.15) is 29.6 Å². The molecule has 0 saturated carbocycles. The Bertz CT molecular complexity index is 839. The van der Waals surface area contributed by atoms with Crippen LogP contribution in [0.3, 0.4) is 0 Å². The van der Waals surface area contributed by atoms with Gasteiger partial charge in [-0.15, -0.1) is 21.5 Å². The zero-order valence-electron chi connectivity index (χ0n) is 12.3. The normalized spacial score (nSPS) is 13.9. The molecule has 3 aromatic rings. The van der Waals surface area contributed by atoms with Gasteiger partial charge in [0, 0.05) is 10.3 Å². The maximum atomic E-state index is 4.69. The van der Waals surface area contributed by atoms with Crippen LogP contribution in [0.5, 0.6) is 0 Å². The number of nitrogens with zero attached hydrogens (tertiary/aromatic N) is 4. The van der Waals surface area contributed by atoms with Crippen molar-refractivity contribution in [1.29, 1.82) is 0 Å². The quantitative estimate of drug-likeness (QED) is 0.497. The summed E-state index contributed by atoms with van der Waals surface area (Å²) in [6.45, 7) is 4.09. The van der Waals surface area contributed by atoms with Crippen LogP contribution in [0.15, 0.2) is 13.7 Å². The molecule has 0 aromatic carbocycles. The molecule has 0 N–H and O–H groups in total. The monoisotopic (exact) mass is 366 g/mol. The summed E-state index contributed by atoms with van der Waals surface area (Å²) in [5.74, 6) is 1.86. The molecular formula is C14H14N4S4. The molecule has 0 radical (unpaired) electrons. The molecular weight excluding hydrogens is 352 g/mol. The van der Waals surface area contributed by atoms with E-state index in [0.717, 1.165) is 36.5 Å². The maximum Gasteiger partial charge on any atom is 0.181 e. The average Bonchev–Trinajstić information content (AvgIpc) is 3.14. The van der Waals surface area contributed by atoms with Gasteiger partial charge < -0.3 is 0 Å². The summed E-state index contributed by atoms with van der Waals surface area (Å²) in [6.07, 6.45) is 3.60. The van der Waals surface area contributed by atoms with Crippen molar-refractivity contribution in [2.24, 2.45) is 0 Å². The van der Waals surface area contributed by atoms with Crippen molar-refractivity contribution in [3.05, 3.63) is 16.3 Å². The van der Waals surface area contributed by atoms with E-state index in [2.05, 4.69) is 22.1 Å². The molecule has 114 valence electrons. The second-order valence-corrected chi connectivity index (χ2v) is 9.79. The van der Waals surface area contributed by atoms with E-state index >= 15 is 0 Å². The van der Waals surface area contributed by atoms with Gasteiger partial charge >= 0.3 is 0 Å². The van der Waals surface area contributed by atoms with Crippen LogP contribution >= 0.6 is 46.2 Å². The van der Waals surface area contributed by atoms with Gasteiger partial charge in [0.1, 0.15) is 15.7 Å². The topological polar surface area (TPSA) is 51.6 Å². The van der Waals surface area contributed by atoms with Gasteiger partial charge in [-0.25, -0.2) is 9.97 Å². The first kappa shape index (κ1) is 14.9. The fourth-order valence-corrected chi connectivity index (χ4v) is 7.04. The number of thiophene rings is 1. The van der Waals surface area contributed by atoms with Gasteiger partial charge in [-0.1, -0.05) is 30.0 Å². The standard InChI is InChI=1S/C14H14N4S4/c1-3-19-13-17-18-14(22-13)21-12-10-8-5-4-6-9(8)20-11(10)15-7(2)16-12/h3-6H2,1-2H3. The van der Waals surface area contributed by atoms with E-state index in [1.165, 1.54) is 28.7 Å². The lowest BCUT2D eigenvalue weighted by atomic mass is 10.2. The van der Waals surface area contributed by atoms with Crippen LogP contribution in [-0.4, -0.2) is 25.9 Å². The summed E-state index contributed by atoms with van der Waals surface area (Å²) in [4.78, 5) is 12.0. The first-order chi connectivity index (χ1) is 10.7. The Morgan fingerprint density at radius 3 is 2.82 bits per heavy atom. The minimum Gasteiger partial charge on any atom is -0.226 e. The summed E-state index contributed by atoms with van der Waals surface area (Å²) >= 11 is 6.86. The second-order valence-electron chi connectivity index (χ2n) is 4.98. The fraction of sp³-hybridized carbons (Fsp3) is 0.429. The van der Waals surface area contributed by atoms with E-state index in [0.29, 0.717) is 0 Å². The molecule has 3 heterocycles. The Kier molecular flexibility index (Phi) is 4.10. The third-order valence-corrected chi connectivity index (χ3v) is 7.65. The smallest absolute Gasteiger partial charge is 0.181 e. The Balaban J connectivity index is 1.76. The Morgan fingerprint density at radius 1 is 1.09 bits per heavy atom. The molecule has 0 spiro atoms. The number of hydrogen-bond donors (Lipinski definition) is 0. The van der Waals surface area contributed by atoms with Gasteiger partial charge in [0.2, 0.25) is 0 Å². The molecule has 0 fully saturated rings. The minimum absolute atomic E-state index is 0.836. The van der Waals surface area contributed by atoms with Crippen molar-refractivity contribution in [2.45, 2.75) is 46.8 Å². The van der Waals surface area contributed by atoms with E-state index in [1.54, 1.807) is 34.9 Å². The summed E-state index contributed by atoms with van der Waals surface area (Å²) in [5.41, 5.74) is 1.47. The first-order valence-electron chi connectivity index (χ1n) is 7.17. The maximum absolute atomic E-state index is 4.69. The predicted octanol–water partition coefficient (Wildman–Crippen LogP) is 4.60. The van der Waals surface area contributed by atoms with E-state index < -0.39 is 0 Å². The van der Waals surface area contributed by atoms with Crippen molar-refractivity contribution in [3.63, 3.8) is 0 Å². The van der Waals surface area contributed by atoms with E-state index in [9.17, 15) is 0 Å². The van der Waals surface area contributed by atoms with Gasteiger partial charge in [0.05, 0.1) is 0 Å². The largest absolute Gasteiger partial charge is 0.226 e. The van der Waals surface area contributed by atoms with E-state index in [4.69, 9.17) is 4.98 Å². The van der Waals surface area contributed by atoms with Crippen molar-refractivity contribution < 1.29 is 0 Å². The molecule has 0 saturated heterocycles. The summed E-state index contributed by atoms with van der Waals surface area (Å²) in [6, 6.07) is 0. The Morgan fingerprint density at radius 2 is 1.95 bits per heavy atom. The molecule has 0 atom stereocenters. The van der Waals surface area contributed by atoms with Gasteiger partial charge in [-0.3, -0.25) is 0 Å². The summed E-state index contributed by atoms with van der Waals surface area (Å²) in [5, 5.41) is 10.8. The van der Waals surface area contributed by atoms with Crippen LogP contribution in [-0.2, 0) is 12.8 Å². The highest BCUT2D eigenvalue weighted by Gasteiger charge is 2.23. The number of aryl methyl sites for hydroxylation is 3. The molecule has 4 rings (SSSR count). The molecule has 8 heteroatoms. The molecule has 4 nitrogen and oxygen atoms in total. The summed E-state index contributed by atoms with van der Waals surface area (Å²) in [7, 11) is 0. The predicted molar refractivity (Wildman–Crippen MR) is 94.6 cm³/mol. The van der Waals surface area contributed by atoms with Gasteiger partial charge in [0.25, 0.3) is 0 Å². The average molecular weight is 367 g/mol. The lowest BCUT2D eigenvalue weighted by Gasteiger charge is -2.03. The highest BCUT2D eigenvalue weighted by Crippen LogP contribution is 2.43. The number of thioether (sulfide) groups is 1. The first-order valence-corrected chi connectivity index (χ1v) is 10.6. The third kappa shape index (κ3) is 2.66. The van der Waals surface area contributed by atoms with Crippen LogP contribution in [0.25, 0.3) is 10.2 Å². The fourth-order valence-electron chi connectivity index (χ4n) is 2.64. The molecule has 3 aromatic heterocycles. The Labute approximate surface area is 145 Å². The van der Waals surface area contributed by atoms with Gasteiger partial charge in [-0.05, 0) is 49.3 Å². The van der Waals surface area contributed by atoms with Crippen LogP contribution in [0, 0.1) is 6.92 Å². The van der Waals surface area contributed by atoms with E-state index in [-0.39, 0.29) is 0 Å². The van der Waals surface area contributed by atoms with Crippen LogP contribution < -0.4 is 0 Å². The zero-order chi connectivity index (χ0) is 15.1. The lowest BCUT2D eigenvalue weighted by molar-refractivity contribution is 0.913. The van der Waals surface area contributed by atoms with Crippen molar-refractivity contribution in [2.75, 3.05) is 5.75 Å². The molecule has 0 amide bonds. The van der Waals surface area contributed by atoms with Crippen molar-refractivity contribution in [1.82, 2.24) is 20.2 Å². The highest BCUT2D eigenvalue weighted by atomic mass is 32.2. The third-order valence-electron chi connectivity index (χ3n) is 3.48. The van der Waals surface area contributed by atoms with E-state index in [1.807, 2.05) is 18.3 Å². The minimum atomic E-state index is 0.836. The zero-order valence-corrected chi connectivity index (χ0v) is 15.5. The molecule has 0 aliphatic heterocycles. The molecule has 0 bridgehead atoms. The number of fused-ring (bicyclic) bond motifs is 3. The molecule has 0 unspecified atom stereocenters. The summed E-state index contributed by atoms with van der Waals surface area (Å²) < 4.78 is 2.00. The van der Waals surface area contributed by atoms with Crippen LogP contribution in [0.2, 0.25) is 0 Å². The lowest BCUT2D eigenvalue weighted by Crippen LogP contribution is -1.92. The SMILES string of the molecule is CCSc1nnc(Sc2nc(C)nc3sc4c(c23)CCC4)s1. The molecule has 22 heavy (non-hydrogen) atoms. The molecule has 1 aliphatic carbocycles. The van der Waals surface area contributed by atoms with Crippen molar-refractivity contribution in [3.8, 4) is 0 Å². The second kappa shape index (κ2) is 6.07. The number of rotatable bonds is 4. The molecule has 1 aliphatic rings. The Hall–Kier alpha value is -0.700. The number of hydrogen-bond acceptors (Lipinski definition) is 8.